The van der Waals surface area contributed by atoms with Crippen LogP contribution in [0.4, 0.5) is 0 Å². The van der Waals surface area contributed by atoms with Gasteiger partial charge in [0.1, 0.15) is 35.1 Å². The third-order valence-electron chi connectivity index (χ3n) is 8.77. The quantitative estimate of drug-likeness (QED) is 0.156. The average Bonchev–Trinajstić information content (AvgIpc) is 3.84. The normalized spacial score (nSPS) is 18.2. The smallest absolute Gasteiger partial charge is 0.143 e. The van der Waals surface area contributed by atoms with E-state index in [0.29, 0.717) is 6.42 Å². The van der Waals surface area contributed by atoms with Crippen molar-refractivity contribution < 1.29 is 24.1 Å². The summed E-state index contributed by atoms with van der Waals surface area (Å²) in [5.74, 6) is 1.51. The first kappa shape index (κ1) is 30.2. The Morgan fingerprint density at radius 2 is 1.50 bits per heavy atom. The molecule has 0 saturated carbocycles. The van der Waals surface area contributed by atoms with Gasteiger partial charge in [-0.3, -0.25) is 0 Å². The molecule has 3 aromatic heterocycles. The van der Waals surface area contributed by atoms with E-state index in [1.807, 2.05) is 83.7 Å². The van der Waals surface area contributed by atoms with Crippen molar-refractivity contribution in [2.75, 3.05) is 20.8 Å². The maximum Gasteiger partial charge on any atom is 0.143 e. The number of nitrogens with zero attached hydrogens (tertiary/aromatic N) is 2. The van der Waals surface area contributed by atoms with Gasteiger partial charge in [-0.15, -0.1) is 11.3 Å². The zero-order valence-corrected chi connectivity index (χ0v) is 26.8. The first-order valence-corrected chi connectivity index (χ1v) is 16.2. The first-order chi connectivity index (χ1) is 22.5. The van der Waals surface area contributed by atoms with Crippen LogP contribution in [0.5, 0.6) is 11.5 Å². The van der Waals surface area contributed by atoms with E-state index in [9.17, 15) is 5.11 Å². The molecule has 0 spiro atoms. The summed E-state index contributed by atoms with van der Waals surface area (Å²) >= 11 is 1.77. The number of hydrogen-bond acceptors (Lipinski definition) is 7. The zero-order valence-electron chi connectivity index (χ0n) is 26.0. The van der Waals surface area contributed by atoms with Gasteiger partial charge in [-0.1, -0.05) is 54.6 Å². The first-order valence-electron chi connectivity index (χ1n) is 15.3. The molecule has 8 heteroatoms. The van der Waals surface area contributed by atoms with Crippen molar-refractivity contribution in [3.8, 4) is 21.9 Å². The standard InChI is InChI=1S/C38H36N2O5S/c1-25-9-18-35(46-25)31-19-21-39-37-32(31)20-22-40(37)36-23-33(41)34(45-36)24-44-38(26-7-5-4-6-8-26,27-10-14-29(42-2)15-11-27)28-12-16-30(43-3)17-13-28/h4-22,33-34,36,41H,23-24H2,1-3H3/t33-,34+,36+/m0/s1. The van der Waals surface area contributed by atoms with E-state index in [1.54, 1.807) is 25.6 Å². The lowest BCUT2D eigenvalue weighted by atomic mass is 9.80. The molecule has 4 heterocycles. The molecule has 1 N–H and O–H groups in total. The van der Waals surface area contributed by atoms with E-state index < -0.39 is 17.8 Å². The molecular formula is C38H36N2O5S. The topological polar surface area (TPSA) is 75.0 Å². The van der Waals surface area contributed by atoms with Gasteiger partial charge in [0.15, 0.2) is 0 Å². The molecule has 3 atom stereocenters. The van der Waals surface area contributed by atoms with E-state index in [2.05, 4.69) is 43.3 Å². The Morgan fingerprint density at radius 3 is 2.11 bits per heavy atom. The van der Waals surface area contributed by atoms with Crippen LogP contribution in [0.2, 0.25) is 0 Å². The minimum absolute atomic E-state index is 0.150. The van der Waals surface area contributed by atoms with Crippen LogP contribution >= 0.6 is 11.3 Å². The number of pyridine rings is 1. The molecule has 46 heavy (non-hydrogen) atoms. The van der Waals surface area contributed by atoms with Crippen LogP contribution < -0.4 is 9.47 Å². The second-order valence-electron chi connectivity index (χ2n) is 11.5. The van der Waals surface area contributed by atoms with Crippen LogP contribution in [0.1, 0.15) is 34.2 Å². The summed E-state index contributed by atoms with van der Waals surface area (Å²) in [5.41, 5.74) is 3.77. The van der Waals surface area contributed by atoms with Crippen LogP contribution in [0.15, 0.2) is 116 Å². The molecule has 1 saturated heterocycles. The Balaban J connectivity index is 1.22. The Bertz CT molecular complexity index is 1870. The molecule has 1 fully saturated rings. The molecule has 7 nitrogen and oxygen atoms in total. The molecule has 0 aliphatic carbocycles. The lowest BCUT2D eigenvalue weighted by Gasteiger charge is -2.37. The van der Waals surface area contributed by atoms with Gasteiger partial charge >= 0.3 is 0 Å². The molecule has 0 bridgehead atoms. The van der Waals surface area contributed by atoms with Crippen LogP contribution in [0.3, 0.4) is 0 Å². The van der Waals surface area contributed by atoms with Crippen LogP contribution in [0.25, 0.3) is 21.5 Å². The summed E-state index contributed by atoms with van der Waals surface area (Å²) in [6.07, 6.45) is 2.59. The molecule has 3 aromatic carbocycles. The van der Waals surface area contributed by atoms with E-state index in [4.69, 9.17) is 23.9 Å². The predicted molar refractivity (Wildman–Crippen MR) is 181 cm³/mol. The van der Waals surface area contributed by atoms with Gasteiger partial charge in [-0.05, 0) is 72.1 Å². The van der Waals surface area contributed by atoms with E-state index in [-0.39, 0.29) is 12.8 Å². The Morgan fingerprint density at radius 1 is 0.848 bits per heavy atom. The second-order valence-corrected chi connectivity index (χ2v) is 12.8. The number of hydrogen-bond donors (Lipinski definition) is 1. The minimum atomic E-state index is -1.00. The number of benzene rings is 3. The van der Waals surface area contributed by atoms with Gasteiger partial charge in [0, 0.05) is 39.5 Å². The maximum absolute atomic E-state index is 11.3. The van der Waals surface area contributed by atoms with Gasteiger partial charge in [0.2, 0.25) is 0 Å². The molecule has 234 valence electrons. The number of rotatable bonds is 10. The number of aliphatic hydroxyl groups excluding tert-OH is 1. The molecule has 1 aliphatic rings. The number of aliphatic hydroxyl groups is 1. The van der Waals surface area contributed by atoms with Crippen LogP contribution in [0, 0.1) is 6.92 Å². The molecular weight excluding hydrogens is 596 g/mol. The fourth-order valence-electron chi connectivity index (χ4n) is 6.40. The molecule has 0 amide bonds. The Labute approximate surface area is 272 Å². The highest BCUT2D eigenvalue weighted by Gasteiger charge is 2.42. The summed E-state index contributed by atoms with van der Waals surface area (Å²) < 4.78 is 26.6. The molecule has 7 rings (SSSR count). The predicted octanol–water partition coefficient (Wildman–Crippen LogP) is 7.75. The van der Waals surface area contributed by atoms with Crippen molar-refractivity contribution in [1.82, 2.24) is 9.55 Å². The summed E-state index contributed by atoms with van der Waals surface area (Å²) in [6.45, 7) is 2.26. The number of methoxy groups -OCH3 is 2. The lowest BCUT2D eigenvalue weighted by Crippen LogP contribution is -2.38. The van der Waals surface area contributed by atoms with E-state index in [1.165, 1.54) is 9.75 Å². The van der Waals surface area contributed by atoms with E-state index >= 15 is 0 Å². The number of ether oxygens (including phenoxy) is 4. The molecule has 0 radical (unpaired) electrons. The van der Waals surface area contributed by atoms with Crippen molar-refractivity contribution in [1.29, 1.82) is 0 Å². The molecule has 1 aliphatic heterocycles. The summed E-state index contributed by atoms with van der Waals surface area (Å²) in [7, 11) is 3.31. The fraction of sp³-hybridized carbons (Fsp3) is 0.237. The van der Waals surface area contributed by atoms with Gasteiger partial charge < -0.3 is 28.6 Å². The summed E-state index contributed by atoms with van der Waals surface area (Å²) in [4.78, 5) is 7.18. The molecule has 6 aromatic rings. The molecule has 0 unspecified atom stereocenters. The highest BCUT2D eigenvalue weighted by molar-refractivity contribution is 7.15. The third kappa shape index (κ3) is 5.48. The lowest BCUT2D eigenvalue weighted by molar-refractivity contribution is -0.0930. The van der Waals surface area contributed by atoms with Crippen molar-refractivity contribution in [3.63, 3.8) is 0 Å². The van der Waals surface area contributed by atoms with Crippen molar-refractivity contribution in [2.24, 2.45) is 0 Å². The van der Waals surface area contributed by atoms with Gasteiger partial charge in [-0.25, -0.2) is 4.98 Å². The van der Waals surface area contributed by atoms with Crippen LogP contribution in [-0.4, -0.2) is 47.7 Å². The Hall–Kier alpha value is -4.47. The van der Waals surface area contributed by atoms with Gasteiger partial charge in [0.05, 0.1) is 26.9 Å². The minimum Gasteiger partial charge on any atom is -0.497 e. The average molecular weight is 633 g/mol. The van der Waals surface area contributed by atoms with Crippen molar-refractivity contribution >= 4 is 22.4 Å². The van der Waals surface area contributed by atoms with Gasteiger partial charge in [-0.2, -0.15) is 0 Å². The van der Waals surface area contributed by atoms with E-state index in [0.717, 1.165) is 44.8 Å². The number of fused-ring (bicyclic) bond motifs is 1. The second kappa shape index (κ2) is 12.7. The highest BCUT2D eigenvalue weighted by Crippen LogP contribution is 2.43. The van der Waals surface area contributed by atoms with Crippen molar-refractivity contribution in [2.45, 2.75) is 37.4 Å². The number of thiophene rings is 1. The monoisotopic (exact) mass is 632 g/mol. The maximum atomic E-state index is 11.3. The highest BCUT2D eigenvalue weighted by atomic mass is 32.1. The van der Waals surface area contributed by atoms with Crippen molar-refractivity contribution in [3.05, 3.63) is 137 Å². The largest absolute Gasteiger partial charge is 0.497 e. The Kier molecular flexibility index (Phi) is 8.36. The number of aromatic nitrogens is 2. The SMILES string of the molecule is COc1ccc(C(OC[C@H]2O[C@@H](n3ccc4c(-c5ccc(C)s5)ccnc43)C[C@@H]2O)(c2ccccc2)c2ccc(OC)cc2)cc1. The van der Waals surface area contributed by atoms with Crippen LogP contribution in [-0.2, 0) is 15.1 Å². The summed E-state index contributed by atoms with van der Waals surface area (Å²) in [5, 5.41) is 12.4. The third-order valence-corrected chi connectivity index (χ3v) is 9.81. The zero-order chi connectivity index (χ0) is 31.7. The number of aryl methyl sites for hydroxylation is 1. The summed E-state index contributed by atoms with van der Waals surface area (Å²) in [6, 6.07) is 34.4. The van der Waals surface area contributed by atoms with Gasteiger partial charge in [0.25, 0.3) is 0 Å². The fourth-order valence-corrected chi connectivity index (χ4v) is 7.31.